The molecule has 1 aromatic heterocycles. The van der Waals surface area contributed by atoms with Gasteiger partial charge >= 0.3 is 5.97 Å². The molecule has 0 saturated carbocycles. The van der Waals surface area contributed by atoms with E-state index < -0.39 is 17.3 Å². The third kappa shape index (κ3) is 2.90. The van der Waals surface area contributed by atoms with Crippen LogP contribution < -0.4 is 5.56 Å². The number of halogens is 2. The van der Waals surface area contributed by atoms with Gasteiger partial charge in [-0.1, -0.05) is 15.9 Å². The van der Waals surface area contributed by atoms with Crippen molar-refractivity contribution in [3.63, 3.8) is 0 Å². The number of hydrogen-bond donors (Lipinski definition) is 1. The molecule has 0 aliphatic carbocycles. The quantitative estimate of drug-likeness (QED) is 0.943. The Hall–Kier alpha value is -1.95. The Labute approximate surface area is 116 Å². The van der Waals surface area contributed by atoms with Crippen LogP contribution in [0.25, 0.3) is 0 Å². The predicted molar refractivity (Wildman–Crippen MR) is 70.9 cm³/mol. The molecule has 1 heterocycles. The molecule has 2 rings (SSSR count). The number of carboxylic acid groups (broad SMARTS) is 1. The summed E-state index contributed by atoms with van der Waals surface area (Å²) in [5.74, 6) is -1.75. The summed E-state index contributed by atoms with van der Waals surface area (Å²) in [6.07, 6.45) is 1.43. The van der Waals surface area contributed by atoms with E-state index in [0.717, 1.165) is 4.57 Å². The van der Waals surface area contributed by atoms with Crippen LogP contribution >= 0.6 is 15.9 Å². The topological polar surface area (TPSA) is 59.3 Å². The Bertz CT molecular complexity index is 697. The average molecular weight is 326 g/mol. The fraction of sp³-hybridized carbons (Fsp3) is 0.0769. The fourth-order valence-corrected chi connectivity index (χ4v) is 2.08. The summed E-state index contributed by atoms with van der Waals surface area (Å²) in [4.78, 5) is 22.7. The summed E-state index contributed by atoms with van der Waals surface area (Å²) >= 11 is 3.22. The second-order valence-corrected chi connectivity index (χ2v) is 4.81. The molecule has 4 nitrogen and oxygen atoms in total. The van der Waals surface area contributed by atoms with Crippen LogP contribution in [0.4, 0.5) is 4.39 Å². The summed E-state index contributed by atoms with van der Waals surface area (Å²) in [6.45, 7) is -0.0226. The maximum absolute atomic E-state index is 13.6. The molecule has 0 saturated heterocycles. The van der Waals surface area contributed by atoms with Gasteiger partial charge in [-0.3, -0.25) is 4.79 Å². The largest absolute Gasteiger partial charge is 0.477 e. The van der Waals surface area contributed by atoms with Gasteiger partial charge in [0.1, 0.15) is 11.4 Å². The van der Waals surface area contributed by atoms with E-state index in [1.165, 1.54) is 24.4 Å². The highest BCUT2D eigenvalue weighted by molar-refractivity contribution is 9.10. The van der Waals surface area contributed by atoms with Crippen molar-refractivity contribution in [2.75, 3.05) is 0 Å². The molecule has 6 heteroatoms. The lowest BCUT2D eigenvalue weighted by Gasteiger charge is -2.08. The van der Waals surface area contributed by atoms with E-state index in [9.17, 15) is 14.0 Å². The highest BCUT2D eigenvalue weighted by Crippen LogP contribution is 2.16. The van der Waals surface area contributed by atoms with Crippen LogP contribution in [0, 0.1) is 5.82 Å². The number of aromatic nitrogens is 1. The Morgan fingerprint density at radius 1 is 1.37 bits per heavy atom. The van der Waals surface area contributed by atoms with E-state index in [2.05, 4.69) is 15.9 Å². The highest BCUT2D eigenvalue weighted by Gasteiger charge is 2.11. The van der Waals surface area contributed by atoms with Crippen LogP contribution in [-0.4, -0.2) is 15.6 Å². The number of pyridine rings is 1. The second-order valence-electron chi connectivity index (χ2n) is 3.90. The van der Waals surface area contributed by atoms with Crippen molar-refractivity contribution in [3.8, 4) is 0 Å². The molecule has 0 atom stereocenters. The van der Waals surface area contributed by atoms with E-state index in [4.69, 9.17) is 5.11 Å². The third-order valence-corrected chi connectivity index (χ3v) is 3.09. The first-order chi connectivity index (χ1) is 8.99. The van der Waals surface area contributed by atoms with Gasteiger partial charge in [-0.15, -0.1) is 0 Å². The Kier molecular flexibility index (Phi) is 3.80. The van der Waals surface area contributed by atoms with E-state index in [-0.39, 0.29) is 12.1 Å². The number of aromatic carboxylic acids is 1. The molecule has 0 aliphatic rings. The number of benzene rings is 1. The van der Waals surface area contributed by atoms with Crippen LogP contribution in [-0.2, 0) is 6.54 Å². The highest BCUT2D eigenvalue weighted by atomic mass is 79.9. The first-order valence-corrected chi connectivity index (χ1v) is 6.15. The number of rotatable bonds is 3. The molecule has 98 valence electrons. The van der Waals surface area contributed by atoms with E-state index in [1.54, 1.807) is 12.1 Å². The van der Waals surface area contributed by atoms with E-state index in [0.29, 0.717) is 10.0 Å². The van der Waals surface area contributed by atoms with Gasteiger partial charge in [0.15, 0.2) is 0 Å². The standard InChI is InChI=1S/C13H9BrFNO3/c14-9-3-4-11(15)8(6-9)7-16-5-1-2-10(12(16)17)13(18)19/h1-6H,7H2,(H,18,19). The van der Waals surface area contributed by atoms with Gasteiger partial charge in [0.05, 0.1) is 6.54 Å². The van der Waals surface area contributed by atoms with Crippen LogP contribution in [0.3, 0.4) is 0 Å². The molecule has 2 aromatic rings. The summed E-state index contributed by atoms with van der Waals surface area (Å²) in [5, 5.41) is 8.86. The van der Waals surface area contributed by atoms with Crippen LogP contribution in [0.15, 0.2) is 45.8 Å². The molecular weight excluding hydrogens is 317 g/mol. The predicted octanol–water partition coefficient (Wildman–Crippen LogP) is 2.50. The summed E-state index contributed by atoms with van der Waals surface area (Å²) < 4.78 is 15.4. The summed E-state index contributed by atoms with van der Waals surface area (Å²) in [7, 11) is 0. The van der Waals surface area contributed by atoms with E-state index >= 15 is 0 Å². The first-order valence-electron chi connectivity index (χ1n) is 5.35. The summed E-state index contributed by atoms with van der Waals surface area (Å²) in [5.41, 5.74) is -0.689. The molecule has 0 bridgehead atoms. The molecule has 0 unspecified atom stereocenters. The van der Waals surface area contributed by atoms with Gasteiger partial charge in [0.2, 0.25) is 0 Å². The van der Waals surface area contributed by atoms with Crippen LogP contribution in [0.2, 0.25) is 0 Å². The monoisotopic (exact) mass is 325 g/mol. The number of carboxylic acids is 1. The maximum Gasteiger partial charge on any atom is 0.341 e. The fourth-order valence-electron chi connectivity index (χ4n) is 1.67. The van der Waals surface area contributed by atoms with Crippen molar-refractivity contribution in [1.29, 1.82) is 0 Å². The Morgan fingerprint density at radius 3 is 2.79 bits per heavy atom. The lowest BCUT2D eigenvalue weighted by molar-refractivity contribution is 0.0694. The molecule has 1 N–H and O–H groups in total. The van der Waals surface area contributed by atoms with Gasteiger partial charge in [-0.25, -0.2) is 9.18 Å². The minimum Gasteiger partial charge on any atom is -0.477 e. The number of nitrogens with zero attached hydrogens (tertiary/aromatic N) is 1. The van der Waals surface area contributed by atoms with Crippen molar-refractivity contribution in [1.82, 2.24) is 4.57 Å². The van der Waals surface area contributed by atoms with Crippen molar-refractivity contribution >= 4 is 21.9 Å². The van der Waals surface area contributed by atoms with Gasteiger partial charge in [-0.05, 0) is 30.3 Å². The molecule has 0 radical (unpaired) electrons. The molecular formula is C13H9BrFNO3. The molecule has 19 heavy (non-hydrogen) atoms. The van der Waals surface area contributed by atoms with Crippen molar-refractivity contribution in [2.24, 2.45) is 0 Å². The summed E-state index contributed by atoms with van der Waals surface area (Å²) in [6, 6.07) is 7.05. The molecule has 0 amide bonds. The van der Waals surface area contributed by atoms with Gasteiger partial charge in [0, 0.05) is 16.2 Å². The zero-order chi connectivity index (χ0) is 14.0. The lowest BCUT2D eigenvalue weighted by Crippen LogP contribution is -2.26. The minimum atomic E-state index is -1.30. The molecule has 1 aromatic carbocycles. The van der Waals surface area contributed by atoms with Gasteiger partial charge in [0.25, 0.3) is 5.56 Å². The van der Waals surface area contributed by atoms with Crippen molar-refractivity contribution < 1.29 is 14.3 Å². The minimum absolute atomic E-state index is 0.0226. The van der Waals surface area contributed by atoms with Crippen LogP contribution in [0.5, 0.6) is 0 Å². The SMILES string of the molecule is O=C(O)c1cccn(Cc2cc(Br)ccc2F)c1=O. The molecule has 0 spiro atoms. The zero-order valence-electron chi connectivity index (χ0n) is 9.64. The van der Waals surface area contributed by atoms with Crippen molar-refractivity contribution in [2.45, 2.75) is 6.54 Å². The van der Waals surface area contributed by atoms with E-state index in [1.807, 2.05) is 0 Å². The van der Waals surface area contributed by atoms with Crippen LogP contribution in [0.1, 0.15) is 15.9 Å². The number of hydrogen-bond acceptors (Lipinski definition) is 2. The zero-order valence-corrected chi connectivity index (χ0v) is 11.2. The number of carbonyl (C=O) groups is 1. The smallest absolute Gasteiger partial charge is 0.341 e. The molecule has 0 aliphatic heterocycles. The molecule has 0 fully saturated rings. The van der Waals surface area contributed by atoms with Gasteiger partial charge < -0.3 is 9.67 Å². The Balaban J connectivity index is 2.44. The third-order valence-electron chi connectivity index (χ3n) is 2.60. The Morgan fingerprint density at radius 2 is 2.11 bits per heavy atom. The maximum atomic E-state index is 13.6. The second kappa shape index (κ2) is 5.36. The van der Waals surface area contributed by atoms with Gasteiger partial charge in [-0.2, -0.15) is 0 Å². The van der Waals surface area contributed by atoms with Crippen molar-refractivity contribution in [3.05, 3.63) is 68.3 Å². The normalized spacial score (nSPS) is 10.4. The first kappa shape index (κ1) is 13.5. The lowest BCUT2D eigenvalue weighted by atomic mass is 10.2. The average Bonchev–Trinajstić information content (AvgIpc) is 2.36.